The first kappa shape index (κ1) is 11.1. The maximum Gasteiger partial charge on any atom is 0.100 e. The van der Waals surface area contributed by atoms with E-state index in [9.17, 15) is 0 Å². The van der Waals surface area contributed by atoms with Crippen LogP contribution in [-0.4, -0.2) is 15.0 Å². The molecule has 0 amide bonds. The molecule has 0 bridgehead atoms. The summed E-state index contributed by atoms with van der Waals surface area (Å²) < 4.78 is 2.04. The molecular formula is C12H18N4. The van der Waals surface area contributed by atoms with Crippen LogP contribution in [0.5, 0.6) is 0 Å². The third-order valence-corrected chi connectivity index (χ3v) is 3.55. The van der Waals surface area contributed by atoms with Crippen molar-refractivity contribution in [2.75, 3.05) is 0 Å². The van der Waals surface area contributed by atoms with E-state index in [0.717, 1.165) is 12.1 Å². The van der Waals surface area contributed by atoms with Gasteiger partial charge in [-0.1, -0.05) is 18.6 Å². The number of rotatable bonds is 4. The summed E-state index contributed by atoms with van der Waals surface area (Å²) in [7, 11) is 0. The Morgan fingerprint density at radius 2 is 2.31 bits per heavy atom. The van der Waals surface area contributed by atoms with Crippen molar-refractivity contribution in [2.45, 2.75) is 57.9 Å². The second-order valence-electron chi connectivity index (χ2n) is 4.59. The number of aromatic nitrogens is 3. The molecule has 4 heteroatoms. The SMILES string of the molecule is CCC(C)n1nnc(CC#N)c1C1CCC1. The average Bonchev–Trinajstić information content (AvgIpc) is 2.60. The van der Waals surface area contributed by atoms with Crippen molar-refractivity contribution in [1.29, 1.82) is 5.26 Å². The first-order valence-electron chi connectivity index (χ1n) is 6.08. The van der Waals surface area contributed by atoms with E-state index in [2.05, 4.69) is 30.2 Å². The van der Waals surface area contributed by atoms with Crippen molar-refractivity contribution in [3.63, 3.8) is 0 Å². The van der Waals surface area contributed by atoms with Crippen molar-refractivity contribution in [3.8, 4) is 6.07 Å². The minimum absolute atomic E-state index is 0.385. The first-order valence-corrected chi connectivity index (χ1v) is 6.08. The Morgan fingerprint density at radius 3 is 2.81 bits per heavy atom. The zero-order valence-corrected chi connectivity index (χ0v) is 9.98. The van der Waals surface area contributed by atoms with Crippen LogP contribution < -0.4 is 0 Å². The summed E-state index contributed by atoms with van der Waals surface area (Å²) in [5.74, 6) is 0.590. The van der Waals surface area contributed by atoms with Crippen molar-refractivity contribution in [2.24, 2.45) is 0 Å². The molecule has 0 saturated heterocycles. The van der Waals surface area contributed by atoms with Gasteiger partial charge in [-0.2, -0.15) is 5.26 Å². The van der Waals surface area contributed by atoms with E-state index in [-0.39, 0.29) is 0 Å². The molecule has 1 aliphatic rings. The molecule has 4 nitrogen and oxygen atoms in total. The molecule has 1 saturated carbocycles. The summed E-state index contributed by atoms with van der Waals surface area (Å²) in [6, 6.07) is 2.57. The summed E-state index contributed by atoms with van der Waals surface area (Å²) in [5, 5.41) is 17.2. The summed E-state index contributed by atoms with van der Waals surface area (Å²) >= 11 is 0. The molecule has 16 heavy (non-hydrogen) atoms. The summed E-state index contributed by atoms with van der Waals surface area (Å²) in [6.45, 7) is 4.31. The van der Waals surface area contributed by atoms with Crippen molar-refractivity contribution in [3.05, 3.63) is 11.4 Å². The van der Waals surface area contributed by atoms with Crippen molar-refractivity contribution >= 4 is 0 Å². The lowest BCUT2D eigenvalue weighted by atomic mass is 9.81. The van der Waals surface area contributed by atoms with Gasteiger partial charge in [-0.05, 0) is 26.2 Å². The quantitative estimate of drug-likeness (QED) is 0.780. The van der Waals surface area contributed by atoms with Crippen LogP contribution >= 0.6 is 0 Å². The molecule has 1 atom stereocenters. The lowest BCUT2D eigenvalue weighted by molar-refractivity contribution is 0.362. The van der Waals surface area contributed by atoms with Crippen molar-refractivity contribution < 1.29 is 0 Å². The van der Waals surface area contributed by atoms with Gasteiger partial charge in [-0.3, -0.25) is 0 Å². The summed E-state index contributed by atoms with van der Waals surface area (Å²) in [5.41, 5.74) is 2.12. The Balaban J connectivity index is 2.33. The molecule has 1 aromatic rings. The first-order chi connectivity index (χ1) is 7.77. The highest BCUT2D eigenvalue weighted by Crippen LogP contribution is 2.38. The average molecular weight is 218 g/mol. The monoisotopic (exact) mass is 218 g/mol. The van der Waals surface area contributed by atoms with Crippen LogP contribution in [0.2, 0.25) is 0 Å². The molecule has 0 N–H and O–H groups in total. The van der Waals surface area contributed by atoms with Gasteiger partial charge in [0.1, 0.15) is 5.69 Å². The molecule has 1 aromatic heterocycles. The molecule has 86 valence electrons. The maximum absolute atomic E-state index is 8.79. The highest BCUT2D eigenvalue weighted by molar-refractivity contribution is 5.21. The lowest BCUT2D eigenvalue weighted by Gasteiger charge is -2.27. The Labute approximate surface area is 96.3 Å². The van der Waals surface area contributed by atoms with Crippen LogP contribution in [-0.2, 0) is 6.42 Å². The van der Waals surface area contributed by atoms with Gasteiger partial charge in [0.2, 0.25) is 0 Å². The predicted molar refractivity (Wildman–Crippen MR) is 60.9 cm³/mol. The largest absolute Gasteiger partial charge is 0.246 e. The van der Waals surface area contributed by atoms with Gasteiger partial charge in [-0.15, -0.1) is 5.10 Å². The molecule has 1 fully saturated rings. The minimum atomic E-state index is 0.385. The van der Waals surface area contributed by atoms with Crippen LogP contribution in [0.1, 0.15) is 62.9 Å². The number of nitrogens with zero attached hydrogens (tertiary/aromatic N) is 4. The van der Waals surface area contributed by atoms with Crippen LogP contribution in [0.3, 0.4) is 0 Å². The third-order valence-electron chi connectivity index (χ3n) is 3.55. The van der Waals surface area contributed by atoms with Crippen LogP contribution in [0.15, 0.2) is 0 Å². The highest BCUT2D eigenvalue weighted by atomic mass is 15.4. The van der Waals surface area contributed by atoms with E-state index in [1.165, 1.54) is 25.0 Å². The predicted octanol–water partition coefficient (Wildman–Crippen LogP) is 2.58. The van der Waals surface area contributed by atoms with Gasteiger partial charge >= 0.3 is 0 Å². The van der Waals surface area contributed by atoms with Gasteiger partial charge in [0.05, 0.1) is 24.2 Å². The van der Waals surface area contributed by atoms with E-state index >= 15 is 0 Å². The molecule has 0 aliphatic heterocycles. The van der Waals surface area contributed by atoms with E-state index in [1.807, 2.05) is 4.68 Å². The smallest absolute Gasteiger partial charge is 0.100 e. The zero-order chi connectivity index (χ0) is 11.5. The van der Waals surface area contributed by atoms with E-state index < -0.39 is 0 Å². The Kier molecular flexibility index (Phi) is 3.23. The molecule has 1 unspecified atom stereocenters. The highest BCUT2D eigenvalue weighted by Gasteiger charge is 2.28. The third kappa shape index (κ3) is 1.82. The maximum atomic E-state index is 8.79. The van der Waals surface area contributed by atoms with E-state index in [1.54, 1.807) is 0 Å². The van der Waals surface area contributed by atoms with E-state index in [4.69, 9.17) is 5.26 Å². The number of nitriles is 1. The summed E-state index contributed by atoms with van der Waals surface area (Å²) in [4.78, 5) is 0. The minimum Gasteiger partial charge on any atom is -0.246 e. The summed E-state index contributed by atoms with van der Waals surface area (Å²) in [6.07, 6.45) is 5.18. The van der Waals surface area contributed by atoms with Crippen molar-refractivity contribution in [1.82, 2.24) is 15.0 Å². The molecule has 0 radical (unpaired) electrons. The standard InChI is InChI=1S/C12H18N4/c1-3-9(2)16-12(10-5-4-6-10)11(7-8-13)14-15-16/h9-10H,3-7H2,1-2H3. The fourth-order valence-electron chi connectivity index (χ4n) is 2.14. The molecule has 0 spiro atoms. The second kappa shape index (κ2) is 4.65. The van der Waals surface area contributed by atoms with Crippen LogP contribution in [0, 0.1) is 11.3 Å². The van der Waals surface area contributed by atoms with Crippen LogP contribution in [0.25, 0.3) is 0 Å². The lowest BCUT2D eigenvalue weighted by Crippen LogP contribution is -2.18. The van der Waals surface area contributed by atoms with Gasteiger partial charge in [0.15, 0.2) is 0 Å². The topological polar surface area (TPSA) is 54.5 Å². The molecule has 0 aromatic carbocycles. The normalized spacial score (nSPS) is 17.8. The Bertz CT molecular complexity index is 398. The molecule has 1 heterocycles. The molecule has 2 rings (SSSR count). The zero-order valence-electron chi connectivity index (χ0n) is 9.98. The van der Waals surface area contributed by atoms with Gasteiger partial charge in [0.25, 0.3) is 0 Å². The molecule has 1 aliphatic carbocycles. The van der Waals surface area contributed by atoms with Gasteiger partial charge < -0.3 is 0 Å². The molecular weight excluding hydrogens is 200 g/mol. The van der Waals surface area contributed by atoms with E-state index in [0.29, 0.717) is 18.4 Å². The Morgan fingerprint density at radius 1 is 1.56 bits per heavy atom. The van der Waals surface area contributed by atoms with Gasteiger partial charge in [-0.25, -0.2) is 4.68 Å². The number of hydrogen-bond acceptors (Lipinski definition) is 3. The van der Waals surface area contributed by atoms with Crippen LogP contribution in [0.4, 0.5) is 0 Å². The fraction of sp³-hybridized carbons (Fsp3) is 0.750. The second-order valence-corrected chi connectivity index (χ2v) is 4.59. The number of hydrogen-bond donors (Lipinski definition) is 0. The van der Waals surface area contributed by atoms with Gasteiger partial charge in [0, 0.05) is 5.92 Å². The fourth-order valence-corrected chi connectivity index (χ4v) is 2.14. The Hall–Kier alpha value is -1.37.